The number of hydrogen-bond donors (Lipinski definition) is 0. The maximum Gasteiger partial charge on any atom is 0.300 e. The molecule has 0 saturated heterocycles. The predicted octanol–water partition coefficient (Wildman–Crippen LogP) is 5.89. The Bertz CT molecular complexity index is 552. The molecule has 0 aromatic carbocycles. The van der Waals surface area contributed by atoms with Crippen LogP contribution in [0.3, 0.4) is 0 Å². The Morgan fingerprint density at radius 1 is 0.522 bits per heavy atom. The van der Waals surface area contributed by atoms with Crippen LogP contribution >= 0.6 is 64.4 Å². The summed E-state index contributed by atoms with van der Waals surface area (Å²) in [5, 5.41) is 0. The first kappa shape index (κ1) is 21.0. The highest BCUT2D eigenvalue weighted by Gasteiger charge is 2.35. The van der Waals surface area contributed by atoms with Crippen LogP contribution in [-0.2, 0) is 23.3 Å². The molecule has 2 aliphatic rings. The summed E-state index contributed by atoms with van der Waals surface area (Å²) in [6.45, 7) is -3.59. The molecule has 0 N–H and O–H groups in total. The fourth-order valence-corrected chi connectivity index (χ4v) is 16.3. The Balaban J connectivity index is 2.15. The number of nitrogens with zero attached hydrogens (tertiary/aromatic N) is 3. The molecular formula is C8H16Cl4N3O5P3. The largest absolute Gasteiger partial charge is 0.377 e. The molecule has 0 amide bonds. The van der Waals surface area contributed by atoms with Crippen LogP contribution in [0.15, 0.2) is 13.5 Å². The summed E-state index contributed by atoms with van der Waals surface area (Å²) < 4.78 is 39.3. The molecule has 8 nitrogen and oxygen atoms in total. The topological polar surface area (TPSA) is 83.2 Å². The number of fused-ring (bicyclic) bond motifs is 1. The normalized spacial score (nSPS) is 37.0. The van der Waals surface area contributed by atoms with Gasteiger partial charge in [0.2, 0.25) is 0 Å². The van der Waals surface area contributed by atoms with Crippen molar-refractivity contribution in [1.82, 2.24) is 0 Å². The van der Waals surface area contributed by atoms with Crippen molar-refractivity contribution in [3.05, 3.63) is 0 Å². The van der Waals surface area contributed by atoms with Gasteiger partial charge in [-0.2, -0.15) is 13.5 Å². The maximum atomic E-state index is 6.31. The molecular weight excluding hydrogens is 453 g/mol. The van der Waals surface area contributed by atoms with Crippen molar-refractivity contribution >= 4 is 64.4 Å². The van der Waals surface area contributed by atoms with Gasteiger partial charge in [-0.05, 0) is 45.0 Å². The second-order valence-corrected chi connectivity index (χ2v) is 15.6. The van der Waals surface area contributed by atoms with Gasteiger partial charge in [-0.25, -0.2) is 0 Å². The Morgan fingerprint density at radius 2 is 0.913 bits per heavy atom. The molecule has 0 aliphatic carbocycles. The van der Waals surface area contributed by atoms with Gasteiger partial charge in [0, 0.05) is 0 Å². The molecule has 2 bridgehead atoms. The first-order valence-electron chi connectivity index (χ1n) is 6.55. The van der Waals surface area contributed by atoms with E-state index in [1.807, 2.05) is 0 Å². The van der Waals surface area contributed by atoms with Gasteiger partial charge >= 0.3 is 13.6 Å². The lowest BCUT2D eigenvalue weighted by Crippen LogP contribution is -2.12. The zero-order valence-electron chi connectivity index (χ0n) is 11.9. The minimum atomic E-state index is -3.14. The van der Waals surface area contributed by atoms with Crippen LogP contribution in [0.25, 0.3) is 0 Å². The summed E-state index contributed by atoms with van der Waals surface area (Å²) >= 11 is 24.8. The van der Waals surface area contributed by atoms with Gasteiger partial charge in [0.05, 0.1) is 52.9 Å². The lowest BCUT2D eigenvalue weighted by atomic mass is 10.7. The molecule has 136 valence electrons. The molecule has 23 heavy (non-hydrogen) atoms. The Labute approximate surface area is 154 Å². The van der Waals surface area contributed by atoms with E-state index >= 15 is 0 Å². The molecule has 0 aromatic heterocycles. The lowest BCUT2D eigenvalue weighted by molar-refractivity contribution is 0.00576. The standard InChI is InChI=1S/C8H16Cl4N3O5P3/c9-21(10)13-22(11)15-23(12,14-21)20-8-6-18-4-2-16-1-3-17-5-7-19-22/h1-8H2. The van der Waals surface area contributed by atoms with E-state index in [1.165, 1.54) is 0 Å². The Hall–Kier alpha value is 1.65. The number of ether oxygens (including phenoxy) is 3. The lowest BCUT2D eigenvalue weighted by Gasteiger charge is -2.24. The second-order valence-electron chi connectivity index (χ2n) is 4.17. The van der Waals surface area contributed by atoms with Crippen LogP contribution in [0.1, 0.15) is 0 Å². The third-order valence-electron chi connectivity index (χ3n) is 2.37. The van der Waals surface area contributed by atoms with Gasteiger partial charge < -0.3 is 23.3 Å². The highest BCUT2D eigenvalue weighted by atomic mass is 35.9. The van der Waals surface area contributed by atoms with Crippen molar-refractivity contribution in [3.63, 3.8) is 0 Å². The van der Waals surface area contributed by atoms with Gasteiger partial charge in [-0.15, -0.1) is 0 Å². The highest BCUT2D eigenvalue weighted by Crippen LogP contribution is 2.85. The van der Waals surface area contributed by atoms with Crippen molar-refractivity contribution < 1.29 is 23.3 Å². The first-order chi connectivity index (χ1) is 10.8. The van der Waals surface area contributed by atoms with Crippen molar-refractivity contribution in [3.8, 4) is 0 Å². The van der Waals surface area contributed by atoms with Gasteiger partial charge in [0.15, 0.2) is 0 Å². The summed E-state index contributed by atoms with van der Waals surface area (Å²) in [6.07, 6.45) is 0. The SMILES string of the molecule is ClP1(Cl)=NP2(Cl)=NP(Cl)(=N1)OCCOCCOCCOCCO2. The second kappa shape index (κ2) is 9.55. The number of hydrogen-bond acceptors (Lipinski definition) is 8. The molecule has 0 fully saturated rings. The molecule has 2 aliphatic heterocycles. The number of rotatable bonds is 0. The van der Waals surface area contributed by atoms with Gasteiger partial charge in [-0.3, -0.25) is 0 Å². The van der Waals surface area contributed by atoms with Gasteiger partial charge in [0.25, 0.3) is 5.91 Å². The van der Waals surface area contributed by atoms with Crippen LogP contribution in [0.2, 0.25) is 0 Å². The van der Waals surface area contributed by atoms with E-state index < -0.39 is 19.5 Å². The van der Waals surface area contributed by atoms with E-state index in [4.69, 9.17) is 68.2 Å². The highest BCUT2D eigenvalue weighted by molar-refractivity contribution is 8.16. The van der Waals surface area contributed by atoms with E-state index in [1.54, 1.807) is 0 Å². The third kappa shape index (κ3) is 7.82. The minimum Gasteiger partial charge on any atom is -0.377 e. The molecule has 0 radical (unpaired) electrons. The summed E-state index contributed by atoms with van der Waals surface area (Å²) in [5.41, 5.74) is 0. The Kier molecular flexibility index (Phi) is 8.70. The minimum absolute atomic E-state index is 0.165. The quantitative estimate of drug-likeness (QED) is 0.414. The van der Waals surface area contributed by atoms with E-state index in [-0.39, 0.29) is 13.2 Å². The van der Waals surface area contributed by atoms with Crippen LogP contribution in [0, 0.1) is 0 Å². The molecule has 0 aromatic rings. The zero-order valence-corrected chi connectivity index (χ0v) is 17.6. The van der Waals surface area contributed by atoms with Crippen LogP contribution in [0.5, 0.6) is 0 Å². The monoisotopic (exact) mass is 467 g/mol. The zero-order chi connectivity index (χ0) is 16.8. The fraction of sp³-hybridized carbons (Fsp3) is 1.00. The number of halogens is 4. The predicted molar refractivity (Wildman–Crippen MR) is 95.8 cm³/mol. The average Bonchev–Trinajstić information content (AvgIpc) is 2.40. The smallest absolute Gasteiger partial charge is 0.300 e. The molecule has 15 heteroatoms. The summed E-state index contributed by atoms with van der Waals surface area (Å²) in [6, 6.07) is 0. The van der Waals surface area contributed by atoms with E-state index in [2.05, 4.69) is 13.5 Å². The van der Waals surface area contributed by atoms with Crippen LogP contribution < -0.4 is 0 Å². The molecule has 0 saturated carbocycles. The fourth-order valence-electron chi connectivity index (χ4n) is 1.53. The molecule has 2 unspecified atom stereocenters. The maximum absolute atomic E-state index is 6.31. The van der Waals surface area contributed by atoms with Crippen molar-refractivity contribution in [1.29, 1.82) is 0 Å². The molecule has 2 atom stereocenters. The average molecular weight is 469 g/mol. The summed E-state index contributed by atoms with van der Waals surface area (Å²) in [4.78, 5) is 0. The van der Waals surface area contributed by atoms with Crippen molar-refractivity contribution in [2.45, 2.75) is 0 Å². The van der Waals surface area contributed by atoms with E-state index in [0.717, 1.165) is 0 Å². The van der Waals surface area contributed by atoms with Crippen LogP contribution in [-0.4, -0.2) is 52.9 Å². The molecule has 2 rings (SSSR count). The first-order valence-corrected chi connectivity index (χ1v) is 15.1. The summed E-state index contributed by atoms with van der Waals surface area (Å²) in [7, 11) is 0. The van der Waals surface area contributed by atoms with Gasteiger partial charge in [0.1, 0.15) is 0 Å². The van der Waals surface area contributed by atoms with E-state index in [9.17, 15) is 0 Å². The van der Waals surface area contributed by atoms with E-state index in [0.29, 0.717) is 39.6 Å². The molecule has 2 heterocycles. The van der Waals surface area contributed by atoms with Crippen LogP contribution in [0.4, 0.5) is 0 Å². The summed E-state index contributed by atoms with van der Waals surface area (Å²) in [5.74, 6) is -3.10. The van der Waals surface area contributed by atoms with Gasteiger partial charge in [-0.1, -0.05) is 0 Å². The third-order valence-corrected chi connectivity index (χ3v) is 14.1. The Morgan fingerprint density at radius 3 is 1.39 bits per heavy atom. The van der Waals surface area contributed by atoms with Crippen molar-refractivity contribution in [2.24, 2.45) is 13.5 Å². The van der Waals surface area contributed by atoms with Crippen molar-refractivity contribution in [2.75, 3.05) is 52.9 Å². The molecule has 0 spiro atoms.